The van der Waals surface area contributed by atoms with Crippen LogP contribution in [0.1, 0.15) is 33.1 Å². The van der Waals surface area contributed by atoms with E-state index in [9.17, 15) is 0 Å². The molecular weight excluding hydrogens is 108 g/mol. The minimum atomic E-state index is 0.704. The lowest BCUT2D eigenvalue weighted by Gasteiger charge is -1.92. The summed E-state index contributed by atoms with van der Waals surface area (Å²) < 4.78 is 0. The summed E-state index contributed by atoms with van der Waals surface area (Å²) in [5.74, 6) is 0.704. The van der Waals surface area contributed by atoms with Gasteiger partial charge in [0.2, 0.25) is 0 Å². The highest BCUT2D eigenvalue weighted by Crippen LogP contribution is 1.98. The van der Waals surface area contributed by atoms with E-state index in [4.69, 9.17) is 0 Å². The van der Waals surface area contributed by atoms with Crippen LogP contribution in [0.15, 0.2) is 12.2 Å². The van der Waals surface area contributed by atoms with Gasteiger partial charge in [0, 0.05) is 0 Å². The monoisotopic (exact) mass is 125 g/mol. The van der Waals surface area contributed by atoms with Crippen molar-refractivity contribution in [3.63, 3.8) is 0 Å². The number of hydrogen-bond acceptors (Lipinski definition) is 0. The van der Waals surface area contributed by atoms with E-state index in [-0.39, 0.29) is 0 Å². The van der Waals surface area contributed by atoms with Crippen molar-refractivity contribution in [2.45, 2.75) is 33.1 Å². The maximum atomic E-state index is 3.77. The zero-order chi connectivity index (χ0) is 7.11. The first-order valence-electron chi connectivity index (χ1n) is 3.73. The molecule has 0 unspecified atom stereocenters. The standard InChI is InChI=1S/C9H17/c1-4-5-6-7-8-9(2)3/h7-9H,1,4-6H2,2-3H3/b8-7+. The maximum absolute atomic E-state index is 3.77. The van der Waals surface area contributed by atoms with Crippen molar-refractivity contribution in [2.75, 3.05) is 0 Å². The molecule has 9 heavy (non-hydrogen) atoms. The molecule has 0 fully saturated rings. The predicted molar refractivity (Wildman–Crippen MR) is 43.2 cm³/mol. The molecule has 0 bridgehead atoms. The number of unbranched alkanes of at least 4 members (excludes halogenated alkanes) is 2. The molecule has 0 saturated carbocycles. The Bertz CT molecular complexity index is 70.1. The van der Waals surface area contributed by atoms with Crippen LogP contribution in [0.5, 0.6) is 0 Å². The van der Waals surface area contributed by atoms with E-state index in [1.165, 1.54) is 12.8 Å². The number of allylic oxidation sites excluding steroid dienone is 2. The number of hydrogen-bond donors (Lipinski definition) is 0. The second kappa shape index (κ2) is 5.87. The molecule has 0 spiro atoms. The van der Waals surface area contributed by atoms with Crippen LogP contribution in [0.4, 0.5) is 0 Å². The molecule has 0 nitrogen and oxygen atoms in total. The minimum Gasteiger partial charge on any atom is -0.0883 e. The van der Waals surface area contributed by atoms with E-state index in [0.717, 1.165) is 6.42 Å². The lowest BCUT2D eigenvalue weighted by molar-refractivity contribution is 0.808. The molecule has 0 amide bonds. The van der Waals surface area contributed by atoms with Crippen molar-refractivity contribution in [1.29, 1.82) is 0 Å². The molecule has 0 aliphatic carbocycles. The highest BCUT2D eigenvalue weighted by Gasteiger charge is 1.82. The van der Waals surface area contributed by atoms with Crippen LogP contribution < -0.4 is 0 Å². The van der Waals surface area contributed by atoms with Crippen molar-refractivity contribution < 1.29 is 0 Å². The van der Waals surface area contributed by atoms with Gasteiger partial charge in [0.1, 0.15) is 0 Å². The van der Waals surface area contributed by atoms with E-state index in [1.54, 1.807) is 0 Å². The first-order chi connectivity index (χ1) is 4.27. The normalized spacial score (nSPS) is 11.6. The molecule has 0 saturated heterocycles. The Labute approximate surface area is 59.0 Å². The van der Waals surface area contributed by atoms with Gasteiger partial charge in [-0.3, -0.25) is 0 Å². The third kappa shape index (κ3) is 7.74. The molecule has 0 aromatic carbocycles. The van der Waals surface area contributed by atoms with Crippen LogP contribution >= 0.6 is 0 Å². The van der Waals surface area contributed by atoms with Gasteiger partial charge in [-0.2, -0.15) is 0 Å². The molecule has 0 aliphatic rings. The summed E-state index contributed by atoms with van der Waals surface area (Å²) in [5, 5.41) is 0. The Morgan fingerprint density at radius 2 is 2.11 bits per heavy atom. The summed E-state index contributed by atoms with van der Waals surface area (Å²) in [7, 11) is 0. The van der Waals surface area contributed by atoms with Crippen LogP contribution in [0.25, 0.3) is 0 Å². The fourth-order valence-electron chi connectivity index (χ4n) is 0.631. The maximum Gasteiger partial charge on any atom is -0.0290 e. The van der Waals surface area contributed by atoms with Crippen LogP contribution in [0.3, 0.4) is 0 Å². The van der Waals surface area contributed by atoms with Gasteiger partial charge in [0.25, 0.3) is 0 Å². The van der Waals surface area contributed by atoms with Crippen LogP contribution in [-0.2, 0) is 0 Å². The summed E-state index contributed by atoms with van der Waals surface area (Å²) >= 11 is 0. The third-order valence-corrected chi connectivity index (χ3v) is 1.14. The van der Waals surface area contributed by atoms with Crippen molar-refractivity contribution in [3.05, 3.63) is 19.1 Å². The zero-order valence-corrected chi connectivity index (χ0v) is 6.56. The molecule has 0 aromatic heterocycles. The first kappa shape index (κ1) is 8.74. The summed E-state index contributed by atoms with van der Waals surface area (Å²) in [5.41, 5.74) is 0. The molecule has 0 atom stereocenters. The SMILES string of the molecule is [CH2]CCC/C=C/C(C)C. The highest BCUT2D eigenvalue weighted by atomic mass is 13.9. The van der Waals surface area contributed by atoms with Crippen molar-refractivity contribution in [1.82, 2.24) is 0 Å². The van der Waals surface area contributed by atoms with Crippen molar-refractivity contribution in [2.24, 2.45) is 5.92 Å². The van der Waals surface area contributed by atoms with Crippen molar-refractivity contribution >= 4 is 0 Å². The van der Waals surface area contributed by atoms with E-state index < -0.39 is 0 Å². The Hall–Kier alpha value is -0.260. The molecular formula is C9H17. The highest BCUT2D eigenvalue weighted by molar-refractivity contribution is 4.83. The lowest BCUT2D eigenvalue weighted by Crippen LogP contribution is -1.76. The second-order valence-electron chi connectivity index (χ2n) is 2.67. The number of rotatable bonds is 4. The van der Waals surface area contributed by atoms with Gasteiger partial charge >= 0.3 is 0 Å². The molecule has 0 aromatic rings. The molecule has 0 N–H and O–H groups in total. The molecule has 0 heterocycles. The van der Waals surface area contributed by atoms with Gasteiger partial charge in [-0.1, -0.05) is 39.3 Å². The Balaban J connectivity index is 3.04. The average molecular weight is 125 g/mol. The van der Waals surface area contributed by atoms with Gasteiger partial charge in [0.15, 0.2) is 0 Å². The summed E-state index contributed by atoms with van der Waals surface area (Å²) in [6.45, 7) is 8.16. The van der Waals surface area contributed by atoms with Crippen LogP contribution in [0, 0.1) is 12.8 Å². The summed E-state index contributed by atoms with van der Waals surface area (Å²) in [6, 6.07) is 0. The van der Waals surface area contributed by atoms with E-state index in [0.29, 0.717) is 5.92 Å². The average Bonchev–Trinajstić information content (AvgIpc) is 1.80. The van der Waals surface area contributed by atoms with Crippen LogP contribution in [0.2, 0.25) is 0 Å². The molecule has 53 valence electrons. The molecule has 1 radical (unpaired) electrons. The van der Waals surface area contributed by atoms with Gasteiger partial charge in [-0.15, -0.1) is 0 Å². The Morgan fingerprint density at radius 3 is 2.56 bits per heavy atom. The molecule has 0 rings (SSSR count). The van der Waals surface area contributed by atoms with Gasteiger partial charge in [0.05, 0.1) is 0 Å². The van der Waals surface area contributed by atoms with E-state index in [2.05, 4.69) is 32.9 Å². The topological polar surface area (TPSA) is 0 Å². The summed E-state index contributed by atoms with van der Waals surface area (Å²) in [4.78, 5) is 0. The van der Waals surface area contributed by atoms with Crippen LogP contribution in [-0.4, -0.2) is 0 Å². The van der Waals surface area contributed by atoms with Gasteiger partial charge in [-0.25, -0.2) is 0 Å². The largest absolute Gasteiger partial charge is 0.0883 e. The van der Waals surface area contributed by atoms with Crippen molar-refractivity contribution in [3.8, 4) is 0 Å². The fraction of sp³-hybridized carbons (Fsp3) is 0.667. The smallest absolute Gasteiger partial charge is 0.0290 e. The second-order valence-corrected chi connectivity index (χ2v) is 2.67. The Kier molecular flexibility index (Phi) is 5.70. The lowest BCUT2D eigenvalue weighted by atomic mass is 10.1. The predicted octanol–water partition coefficient (Wildman–Crippen LogP) is 3.20. The quantitative estimate of drug-likeness (QED) is 0.400. The van der Waals surface area contributed by atoms with Gasteiger partial charge < -0.3 is 0 Å². The van der Waals surface area contributed by atoms with E-state index >= 15 is 0 Å². The third-order valence-electron chi connectivity index (χ3n) is 1.14. The molecule has 0 aliphatic heterocycles. The van der Waals surface area contributed by atoms with Gasteiger partial charge in [-0.05, 0) is 18.8 Å². The van der Waals surface area contributed by atoms with E-state index in [1.807, 2.05) is 0 Å². The summed E-state index contributed by atoms with van der Waals surface area (Å²) in [6.07, 6.45) is 7.97. The first-order valence-corrected chi connectivity index (χ1v) is 3.73. The Morgan fingerprint density at radius 1 is 1.44 bits per heavy atom. The fourth-order valence-corrected chi connectivity index (χ4v) is 0.631. The zero-order valence-electron chi connectivity index (χ0n) is 6.56. The molecule has 0 heteroatoms. The minimum absolute atomic E-state index is 0.704.